The number of nitrogens with zero attached hydrogens (tertiary/aromatic N) is 3. The molecule has 0 radical (unpaired) electrons. The largest absolute Gasteiger partial charge is 0.375 e. The second kappa shape index (κ2) is 7.62. The minimum absolute atomic E-state index is 0.0544. The van der Waals surface area contributed by atoms with E-state index in [1.807, 2.05) is 47.1 Å². The minimum Gasteiger partial charge on any atom is -0.375 e. The second-order valence-electron chi connectivity index (χ2n) is 6.05. The molecule has 130 valence electrons. The third kappa shape index (κ3) is 3.30. The summed E-state index contributed by atoms with van der Waals surface area (Å²) in [7, 11) is 0. The maximum Gasteiger partial charge on any atom is 0.124 e. The van der Waals surface area contributed by atoms with Crippen LogP contribution in [0.2, 0.25) is 0 Å². The number of benzene rings is 3. The van der Waals surface area contributed by atoms with Crippen LogP contribution in [-0.2, 0) is 0 Å². The van der Waals surface area contributed by atoms with E-state index in [1.165, 1.54) is 5.56 Å². The summed E-state index contributed by atoms with van der Waals surface area (Å²) in [5.41, 5.74) is 4.26. The van der Waals surface area contributed by atoms with E-state index in [2.05, 4.69) is 64.3 Å². The Morgan fingerprint density at radius 2 is 1.50 bits per heavy atom. The highest BCUT2D eigenvalue weighted by Gasteiger charge is 2.26. The molecule has 0 spiro atoms. The molecule has 26 heavy (non-hydrogen) atoms. The summed E-state index contributed by atoms with van der Waals surface area (Å²) in [6, 6.07) is 29.0. The van der Waals surface area contributed by atoms with Gasteiger partial charge in [0, 0.05) is 5.69 Å². The van der Waals surface area contributed by atoms with Gasteiger partial charge in [0.05, 0.1) is 11.6 Å². The molecule has 0 bridgehead atoms. The van der Waals surface area contributed by atoms with Crippen molar-refractivity contribution in [1.29, 1.82) is 0 Å². The van der Waals surface area contributed by atoms with Gasteiger partial charge in [0.1, 0.15) is 10.9 Å². The lowest BCUT2D eigenvalue weighted by molar-refractivity contribution is 0.533. The van der Waals surface area contributed by atoms with Gasteiger partial charge in [0.15, 0.2) is 0 Å². The fourth-order valence-corrected chi connectivity index (χ4v) is 4.00. The van der Waals surface area contributed by atoms with Crippen molar-refractivity contribution in [1.82, 2.24) is 15.0 Å². The molecular weight excluding hydrogens is 340 g/mol. The van der Waals surface area contributed by atoms with Gasteiger partial charge in [-0.05, 0) is 36.1 Å². The number of thioether (sulfide) groups is 1. The number of anilines is 1. The normalized spacial score (nSPS) is 13.4. The van der Waals surface area contributed by atoms with Crippen LogP contribution in [0.5, 0.6) is 0 Å². The van der Waals surface area contributed by atoms with E-state index in [0.717, 1.165) is 16.7 Å². The SMILES string of the molecule is CSC(C(Nc1ccccc1)c1ccccc1)n1nnc2ccccc21. The highest BCUT2D eigenvalue weighted by molar-refractivity contribution is 7.98. The van der Waals surface area contributed by atoms with Gasteiger partial charge in [0.25, 0.3) is 0 Å². The Kier molecular flexibility index (Phi) is 4.88. The number of hydrogen-bond donors (Lipinski definition) is 1. The van der Waals surface area contributed by atoms with Gasteiger partial charge in [-0.3, -0.25) is 0 Å². The van der Waals surface area contributed by atoms with Crippen molar-refractivity contribution < 1.29 is 0 Å². The molecule has 0 aliphatic rings. The first-order valence-corrected chi connectivity index (χ1v) is 9.85. The monoisotopic (exact) mass is 360 g/mol. The van der Waals surface area contributed by atoms with Crippen LogP contribution in [-0.4, -0.2) is 21.2 Å². The Hall–Kier alpha value is -2.79. The van der Waals surface area contributed by atoms with Gasteiger partial charge >= 0.3 is 0 Å². The number of para-hydroxylation sites is 2. The van der Waals surface area contributed by atoms with E-state index in [9.17, 15) is 0 Å². The highest BCUT2D eigenvalue weighted by atomic mass is 32.2. The molecule has 3 aromatic carbocycles. The topological polar surface area (TPSA) is 42.7 Å². The summed E-state index contributed by atoms with van der Waals surface area (Å²) in [6.45, 7) is 0. The number of fused-ring (bicyclic) bond motifs is 1. The molecular formula is C21H20N4S. The Morgan fingerprint density at radius 3 is 2.23 bits per heavy atom. The molecule has 1 N–H and O–H groups in total. The quantitative estimate of drug-likeness (QED) is 0.517. The Labute approximate surface area is 157 Å². The summed E-state index contributed by atoms with van der Waals surface area (Å²) >= 11 is 1.76. The lowest BCUT2D eigenvalue weighted by Crippen LogP contribution is -2.23. The van der Waals surface area contributed by atoms with Gasteiger partial charge in [0.2, 0.25) is 0 Å². The Morgan fingerprint density at radius 1 is 0.846 bits per heavy atom. The summed E-state index contributed by atoms with van der Waals surface area (Å²) in [5, 5.41) is 12.6. The molecule has 2 atom stereocenters. The molecule has 1 heterocycles. The molecule has 4 aromatic rings. The predicted molar refractivity (Wildman–Crippen MR) is 109 cm³/mol. The van der Waals surface area contributed by atoms with E-state index in [0.29, 0.717) is 0 Å². The fraction of sp³-hybridized carbons (Fsp3) is 0.143. The van der Waals surface area contributed by atoms with E-state index in [1.54, 1.807) is 11.8 Å². The first-order valence-electron chi connectivity index (χ1n) is 8.56. The molecule has 4 rings (SSSR count). The van der Waals surface area contributed by atoms with E-state index in [4.69, 9.17) is 0 Å². The third-order valence-electron chi connectivity index (χ3n) is 4.40. The first kappa shape index (κ1) is 16.7. The van der Waals surface area contributed by atoms with Gasteiger partial charge in [-0.15, -0.1) is 16.9 Å². The van der Waals surface area contributed by atoms with Crippen molar-refractivity contribution in [2.24, 2.45) is 0 Å². The van der Waals surface area contributed by atoms with Crippen molar-refractivity contribution in [3.63, 3.8) is 0 Å². The van der Waals surface area contributed by atoms with Gasteiger partial charge in [-0.1, -0.05) is 65.9 Å². The highest BCUT2D eigenvalue weighted by Crippen LogP contribution is 2.38. The molecule has 2 unspecified atom stereocenters. The molecule has 4 nitrogen and oxygen atoms in total. The minimum atomic E-state index is 0.0544. The average Bonchev–Trinajstić information content (AvgIpc) is 3.13. The Balaban J connectivity index is 1.78. The lowest BCUT2D eigenvalue weighted by Gasteiger charge is -2.28. The van der Waals surface area contributed by atoms with Crippen molar-refractivity contribution in [3.05, 3.63) is 90.5 Å². The van der Waals surface area contributed by atoms with Crippen molar-refractivity contribution in [2.45, 2.75) is 11.4 Å². The average molecular weight is 360 g/mol. The first-order chi connectivity index (χ1) is 12.9. The van der Waals surface area contributed by atoms with Crippen LogP contribution in [0, 0.1) is 0 Å². The van der Waals surface area contributed by atoms with Crippen LogP contribution in [0.4, 0.5) is 5.69 Å². The van der Waals surface area contributed by atoms with Crippen LogP contribution in [0.1, 0.15) is 17.0 Å². The summed E-state index contributed by atoms with van der Waals surface area (Å²) in [6.07, 6.45) is 2.11. The Bertz CT molecular complexity index is 969. The molecule has 0 aliphatic heterocycles. The van der Waals surface area contributed by atoms with Crippen LogP contribution in [0.15, 0.2) is 84.9 Å². The fourth-order valence-electron chi connectivity index (χ4n) is 3.15. The zero-order chi connectivity index (χ0) is 17.8. The summed E-state index contributed by atoms with van der Waals surface area (Å²) in [4.78, 5) is 0. The number of aromatic nitrogens is 3. The van der Waals surface area contributed by atoms with Crippen LogP contribution >= 0.6 is 11.8 Å². The van der Waals surface area contributed by atoms with Crippen LogP contribution in [0.25, 0.3) is 11.0 Å². The van der Waals surface area contributed by atoms with E-state index in [-0.39, 0.29) is 11.4 Å². The lowest BCUT2D eigenvalue weighted by atomic mass is 10.1. The maximum atomic E-state index is 4.46. The molecule has 1 aromatic heterocycles. The molecule has 0 aliphatic carbocycles. The standard InChI is InChI=1S/C21H20N4S/c1-26-21(25-19-15-9-8-14-18(19)23-24-25)20(16-10-4-2-5-11-16)22-17-12-6-3-7-13-17/h2-15,20-22H,1H3. The van der Waals surface area contributed by atoms with Crippen molar-refractivity contribution in [3.8, 4) is 0 Å². The molecule has 5 heteroatoms. The second-order valence-corrected chi connectivity index (χ2v) is 7.00. The van der Waals surface area contributed by atoms with Crippen LogP contribution < -0.4 is 5.32 Å². The van der Waals surface area contributed by atoms with E-state index >= 15 is 0 Å². The van der Waals surface area contributed by atoms with Crippen molar-refractivity contribution in [2.75, 3.05) is 11.6 Å². The zero-order valence-electron chi connectivity index (χ0n) is 14.5. The summed E-state index contributed by atoms with van der Waals surface area (Å²) < 4.78 is 2.02. The zero-order valence-corrected chi connectivity index (χ0v) is 15.3. The molecule has 0 saturated heterocycles. The maximum absolute atomic E-state index is 4.46. The molecule has 0 saturated carbocycles. The number of rotatable bonds is 6. The molecule has 0 fully saturated rings. The predicted octanol–water partition coefficient (Wildman–Crippen LogP) is 5.15. The number of hydrogen-bond acceptors (Lipinski definition) is 4. The van der Waals surface area contributed by atoms with Gasteiger partial charge in [-0.2, -0.15) is 0 Å². The summed E-state index contributed by atoms with van der Waals surface area (Å²) in [5.74, 6) is 0. The smallest absolute Gasteiger partial charge is 0.124 e. The van der Waals surface area contributed by atoms with Gasteiger partial charge in [-0.25, -0.2) is 4.68 Å². The van der Waals surface area contributed by atoms with Gasteiger partial charge < -0.3 is 5.32 Å². The molecule has 0 amide bonds. The third-order valence-corrected chi connectivity index (χ3v) is 5.35. The van der Waals surface area contributed by atoms with E-state index < -0.39 is 0 Å². The van der Waals surface area contributed by atoms with Crippen molar-refractivity contribution >= 4 is 28.5 Å². The van der Waals surface area contributed by atoms with Crippen LogP contribution in [0.3, 0.4) is 0 Å². The number of nitrogens with one attached hydrogen (secondary N) is 1.